The van der Waals surface area contributed by atoms with E-state index in [1.54, 1.807) is 64.6 Å². The number of nitrogens with one attached hydrogen (secondary N) is 3. The summed E-state index contributed by atoms with van der Waals surface area (Å²) in [5, 5.41) is 18.4. The monoisotopic (exact) mass is 852 g/mol. The number of carbonyl (C=O) groups excluding carboxylic acids is 5. The summed E-state index contributed by atoms with van der Waals surface area (Å²) < 4.78 is 27.7. The van der Waals surface area contributed by atoms with E-state index in [9.17, 15) is 29.1 Å². The van der Waals surface area contributed by atoms with E-state index in [1.807, 2.05) is 65.8 Å². The molecule has 336 valence electrons. The van der Waals surface area contributed by atoms with Crippen molar-refractivity contribution in [3.8, 4) is 5.75 Å². The Hall–Kier alpha value is -5.74. The summed E-state index contributed by atoms with van der Waals surface area (Å²) in [6.07, 6.45) is -0.946. The predicted molar refractivity (Wildman–Crippen MR) is 228 cm³/mol. The van der Waals surface area contributed by atoms with Crippen molar-refractivity contribution in [2.24, 2.45) is 0 Å². The number of ether oxygens (including phenoxy) is 4. The second-order valence-corrected chi connectivity index (χ2v) is 19.3. The standard InChI is InChI=1S/C22H33N3O6.C22H31N3O5/c1-20(2,3)30-18(28)24-22(17(27)23-15-9-7-8-10-16(15)26)11-13-25(14-12-22)19(29)31-21(4,5)6;1-20(2,3)29-18(26)24-22(17-23-15-9-7-8-10-16(15)28-17)11-13-25(14-12-22)19(27)30-21(4,5)6/h7-10,26H,11-14H2,1-6H3,(H,23,27)(H,24,28);7-10H,11-14H2,1-6H3,(H,24,26). The molecular weight excluding hydrogens is 789 g/mol. The van der Waals surface area contributed by atoms with Crippen molar-refractivity contribution in [2.45, 2.75) is 142 Å². The summed E-state index contributed by atoms with van der Waals surface area (Å²) in [5.41, 5.74) is -3.18. The van der Waals surface area contributed by atoms with Gasteiger partial charge in [-0.25, -0.2) is 24.2 Å². The van der Waals surface area contributed by atoms with Crippen LogP contribution in [0.2, 0.25) is 0 Å². The molecule has 2 aliphatic rings. The van der Waals surface area contributed by atoms with Gasteiger partial charge in [0.25, 0.3) is 0 Å². The minimum absolute atomic E-state index is 0.0885. The van der Waals surface area contributed by atoms with E-state index in [4.69, 9.17) is 23.4 Å². The number of para-hydroxylation sites is 4. The van der Waals surface area contributed by atoms with Crippen molar-refractivity contribution in [3.63, 3.8) is 0 Å². The van der Waals surface area contributed by atoms with Crippen LogP contribution in [0.1, 0.15) is 115 Å². The second-order valence-electron chi connectivity index (χ2n) is 19.3. The third kappa shape index (κ3) is 14.2. The molecule has 1 aromatic heterocycles. The number of hydrogen-bond acceptors (Lipinski definition) is 12. The van der Waals surface area contributed by atoms with Crippen LogP contribution in [-0.4, -0.2) is 104 Å². The van der Waals surface area contributed by atoms with Crippen LogP contribution in [0.3, 0.4) is 0 Å². The summed E-state index contributed by atoms with van der Waals surface area (Å²) in [7, 11) is 0. The molecular formula is C44H64N6O11. The van der Waals surface area contributed by atoms with E-state index in [0.717, 1.165) is 0 Å². The van der Waals surface area contributed by atoms with Crippen LogP contribution < -0.4 is 16.0 Å². The molecule has 61 heavy (non-hydrogen) atoms. The minimum Gasteiger partial charge on any atom is -0.506 e. The molecule has 5 rings (SSSR count). The van der Waals surface area contributed by atoms with Gasteiger partial charge >= 0.3 is 24.4 Å². The average molecular weight is 853 g/mol. The number of aromatic nitrogens is 1. The third-order valence-electron chi connectivity index (χ3n) is 9.31. The van der Waals surface area contributed by atoms with Crippen LogP contribution in [0.4, 0.5) is 24.9 Å². The predicted octanol–water partition coefficient (Wildman–Crippen LogP) is 8.20. The van der Waals surface area contributed by atoms with E-state index in [1.165, 1.54) is 11.0 Å². The molecule has 17 heteroatoms. The number of phenolic OH excluding ortho intramolecular Hbond substituents is 1. The van der Waals surface area contributed by atoms with Crippen LogP contribution in [0.25, 0.3) is 11.1 Å². The molecule has 17 nitrogen and oxygen atoms in total. The molecule has 0 atom stereocenters. The fraction of sp³-hybridized carbons (Fsp3) is 0.591. The lowest BCUT2D eigenvalue weighted by atomic mass is 9.86. The summed E-state index contributed by atoms with van der Waals surface area (Å²) >= 11 is 0. The number of likely N-dealkylation sites (tertiary alicyclic amines) is 2. The number of benzene rings is 2. The zero-order valence-electron chi connectivity index (χ0n) is 37.6. The van der Waals surface area contributed by atoms with E-state index in [0.29, 0.717) is 42.9 Å². The van der Waals surface area contributed by atoms with Crippen LogP contribution in [0.15, 0.2) is 52.9 Å². The topological polar surface area (TPSA) is 211 Å². The van der Waals surface area contributed by atoms with Gasteiger partial charge in [0, 0.05) is 26.2 Å². The lowest BCUT2D eigenvalue weighted by Crippen LogP contribution is -2.63. The first-order chi connectivity index (χ1) is 28.1. The Bertz CT molecular complexity index is 1990. The summed E-state index contributed by atoms with van der Waals surface area (Å²) in [6.45, 7) is 22.7. The maximum absolute atomic E-state index is 13.2. The van der Waals surface area contributed by atoms with Crippen LogP contribution in [0.5, 0.6) is 5.75 Å². The first kappa shape index (κ1) is 47.9. The molecule has 2 saturated heterocycles. The number of fused-ring (bicyclic) bond motifs is 1. The van der Waals surface area contributed by atoms with E-state index >= 15 is 0 Å². The number of anilines is 1. The zero-order valence-corrected chi connectivity index (χ0v) is 37.6. The average Bonchev–Trinajstić information content (AvgIpc) is 3.56. The zero-order chi connectivity index (χ0) is 45.6. The first-order valence-electron chi connectivity index (χ1n) is 20.5. The Labute approximate surface area is 358 Å². The van der Waals surface area contributed by atoms with E-state index < -0.39 is 57.7 Å². The largest absolute Gasteiger partial charge is 0.506 e. The van der Waals surface area contributed by atoms with Crippen molar-refractivity contribution < 1.29 is 52.4 Å². The highest BCUT2D eigenvalue weighted by Crippen LogP contribution is 2.36. The molecule has 5 amide bonds. The van der Waals surface area contributed by atoms with Gasteiger partial charge in [-0.3, -0.25) is 4.79 Å². The maximum Gasteiger partial charge on any atom is 0.410 e. The van der Waals surface area contributed by atoms with Crippen LogP contribution >= 0.6 is 0 Å². The molecule has 4 N–H and O–H groups in total. The Balaban J connectivity index is 0.000000269. The van der Waals surface area contributed by atoms with Crippen molar-refractivity contribution >= 4 is 47.1 Å². The van der Waals surface area contributed by atoms with Gasteiger partial charge < -0.3 is 54.2 Å². The first-order valence-corrected chi connectivity index (χ1v) is 20.5. The van der Waals surface area contributed by atoms with E-state index in [-0.39, 0.29) is 43.5 Å². The number of amides is 5. The van der Waals surface area contributed by atoms with Gasteiger partial charge in [-0.1, -0.05) is 24.3 Å². The molecule has 2 aliphatic heterocycles. The summed E-state index contributed by atoms with van der Waals surface area (Å²) in [4.78, 5) is 71.0. The SMILES string of the molecule is CC(C)(C)OC(=O)NC1(C(=O)Nc2ccccc2O)CCN(C(=O)OC(C)(C)C)CC1.CC(C)(C)OC(=O)NC1(c2nc3ccccc3o2)CCN(C(=O)OC(C)(C)C)CC1. The molecule has 0 bridgehead atoms. The van der Waals surface area contributed by atoms with Gasteiger partial charge in [-0.2, -0.15) is 0 Å². The number of aromatic hydroxyl groups is 1. The van der Waals surface area contributed by atoms with Crippen LogP contribution in [-0.2, 0) is 29.3 Å². The van der Waals surface area contributed by atoms with Gasteiger partial charge in [-0.15, -0.1) is 0 Å². The minimum atomic E-state index is -1.32. The Morgan fingerprint density at radius 1 is 0.623 bits per heavy atom. The molecule has 0 spiro atoms. The second kappa shape index (κ2) is 18.5. The molecule has 0 radical (unpaired) electrons. The lowest BCUT2D eigenvalue weighted by Gasteiger charge is -2.41. The molecule has 0 unspecified atom stereocenters. The number of carbonyl (C=O) groups is 5. The van der Waals surface area contributed by atoms with Crippen LogP contribution in [0, 0.1) is 0 Å². The number of oxazole rings is 1. The van der Waals surface area contributed by atoms with Gasteiger partial charge in [0.1, 0.15) is 44.7 Å². The normalized spacial score (nSPS) is 16.6. The Kier molecular flexibility index (Phi) is 14.5. The molecule has 2 fully saturated rings. The van der Waals surface area contributed by atoms with Gasteiger partial charge in [0.05, 0.1) is 5.69 Å². The van der Waals surface area contributed by atoms with Gasteiger partial charge in [-0.05, 0) is 133 Å². The van der Waals surface area contributed by atoms with E-state index in [2.05, 4.69) is 20.9 Å². The highest BCUT2D eigenvalue weighted by molar-refractivity contribution is 6.01. The Morgan fingerprint density at radius 2 is 1.07 bits per heavy atom. The molecule has 3 aromatic rings. The van der Waals surface area contributed by atoms with Crippen molar-refractivity contribution in [3.05, 3.63) is 54.4 Å². The number of phenols is 1. The maximum atomic E-state index is 13.2. The molecule has 2 aromatic carbocycles. The molecule has 3 heterocycles. The van der Waals surface area contributed by atoms with Crippen molar-refractivity contribution in [2.75, 3.05) is 31.5 Å². The molecule has 0 aliphatic carbocycles. The quantitative estimate of drug-likeness (QED) is 0.141. The smallest absolute Gasteiger partial charge is 0.410 e. The number of hydrogen-bond donors (Lipinski definition) is 4. The van der Waals surface area contributed by atoms with Gasteiger partial charge in [0.15, 0.2) is 5.58 Å². The fourth-order valence-corrected chi connectivity index (χ4v) is 6.49. The summed E-state index contributed by atoms with van der Waals surface area (Å²) in [6, 6.07) is 13.8. The van der Waals surface area contributed by atoms with Gasteiger partial charge in [0.2, 0.25) is 11.8 Å². The number of rotatable bonds is 5. The summed E-state index contributed by atoms with van der Waals surface area (Å²) in [5.74, 6) is -0.170. The highest BCUT2D eigenvalue weighted by atomic mass is 16.6. The van der Waals surface area contributed by atoms with Crippen molar-refractivity contribution in [1.82, 2.24) is 25.4 Å². The highest BCUT2D eigenvalue weighted by Gasteiger charge is 2.46. The third-order valence-corrected chi connectivity index (χ3v) is 9.31. The number of piperidine rings is 2. The number of nitrogens with zero attached hydrogens (tertiary/aromatic N) is 3. The van der Waals surface area contributed by atoms with Crippen molar-refractivity contribution in [1.29, 1.82) is 0 Å². The number of alkyl carbamates (subject to hydrolysis) is 2. The Morgan fingerprint density at radius 3 is 1.54 bits per heavy atom. The molecule has 0 saturated carbocycles. The lowest BCUT2D eigenvalue weighted by molar-refractivity contribution is -0.124. The fourth-order valence-electron chi connectivity index (χ4n) is 6.49.